The normalized spacial score (nSPS) is 12.9. The van der Waals surface area contributed by atoms with Gasteiger partial charge in [0.25, 0.3) is 6.71 Å². The lowest BCUT2D eigenvalue weighted by Gasteiger charge is -2.34. The first-order valence-electron chi connectivity index (χ1n) is 19.1. The fraction of sp³-hybridized carbons (Fsp3) is 0. The molecule has 9 nitrogen and oxygen atoms in total. The first-order valence-corrected chi connectivity index (χ1v) is 19.1. The van der Waals surface area contributed by atoms with Crippen LogP contribution in [0.1, 0.15) is 0 Å². The molecule has 0 aliphatic carbocycles. The van der Waals surface area contributed by atoms with Gasteiger partial charge in [-0.1, -0.05) is 72.8 Å². The molecule has 2 aliphatic heterocycles. The predicted octanol–water partition coefficient (Wildman–Crippen LogP) is 7.55. The zero-order valence-electron chi connectivity index (χ0n) is 30.1. The van der Waals surface area contributed by atoms with E-state index >= 15 is 0 Å². The molecule has 7 aromatic heterocycles. The molecule has 0 unspecified atom stereocenters. The number of hydrogen-bond donors (Lipinski definition) is 0. The van der Waals surface area contributed by atoms with Gasteiger partial charge in [0.1, 0.15) is 16.8 Å². The van der Waals surface area contributed by atoms with Gasteiger partial charge in [-0.15, -0.1) is 0 Å². The molecule has 0 atom stereocenters. The molecule has 9 heterocycles. The number of benzene rings is 5. The zero-order valence-corrected chi connectivity index (χ0v) is 30.1. The maximum absolute atomic E-state index is 5.16. The second kappa shape index (κ2) is 10.5. The molecule has 0 amide bonds. The Morgan fingerprint density at radius 1 is 0.439 bits per heavy atom. The average Bonchev–Trinajstić information content (AvgIpc) is 4.00. The summed E-state index contributed by atoms with van der Waals surface area (Å²) in [5.74, 6) is 0.666. The Kier molecular flexibility index (Phi) is 5.42. The summed E-state index contributed by atoms with van der Waals surface area (Å²) in [4.78, 5) is 24.7. The summed E-state index contributed by atoms with van der Waals surface area (Å²) in [7, 11) is 0. The molecule has 0 N–H and O–H groups in total. The lowest BCUT2D eigenvalue weighted by molar-refractivity contribution is 1.04. The van der Waals surface area contributed by atoms with Crippen molar-refractivity contribution in [1.82, 2.24) is 43.2 Å². The second-order valence-corrected chi connectivity index (χ2v) is 14.9. The van der Waals surface area contributed by atoms with Crippen LogP contribution in [-0.2, 0) is 0 Å². The Labute approximate surface area is 323 Å². The van der Waals surface area contributed by atoms with Crippen LogP contribution in [0, 0.1) is 0 Å². The highest BCUT2D eigenvalue weighted by molar-refractivity contribution is 7.00. The minimum Gasteiger partial charge on any atom is -0.296 e. The smallest absolute Gasteiger partial charge is 0.252 e. The summed E-state index contributed by atoms with van der Waals surface area (Å²) >= 11 is 0. The fourth-order valence-electron chi connectivity index (χ4n) is 10.2. The fourth-order valence-corrected chi connectivity index (χ4v) is 10.2. The minimum absolute atomic E-state index is 0.0630. The lowest BCUT2D eigenvalue weighted by atomic mass is 9.34. The van der Waals surface area contributed by atoms with Crippen LogP contribution in [0.4, 0.5) is 0 Å². The number of pyridine rings is 1. The van der Waals surface area contributed by atoms with Crippen molar-refractivity contribution in [3.63, 3.8) is 0 Å². The van der Waals surface area contributed by atoms with Gasteiger partial charge in [-0.25, -0.2) is 15.0 Å². The van der Waals surface area contributed by atoms with Gasteiger partial charge < -0.3 is 0 Å². The van der Waals surface area contributed by atoms with Gasteiger partial charge in [-0.2, -0.15) is 0 Å². The molecule has 14 rings (SSSR count). The Morgan fingerprint density at radius 3 is 1.89 bits per heavy atom. The third kappa shape index (κ3) is 3.54. The van der Waals surface area contributed by atoms with E-state index in [0.29, 0.717) is 5.82 Å². The maximum atomic E-state index is 5.16. The second-order valence-electron chi connectivity index (χ2n) is 14.9. The van der Waals surface area contributed by atoms with Gasteiger partial charge in [0, 0.05) is 75.5 Å². The zero-order chi connectivity index (χ0) is 36.9. The summed E-state index contributed by atoms with van der Waals surface area (Å²) in [5.41, 5.74) is 17.0. The number of hydrogen-bond acceptors (Lipinski definition) is 5. The van der Waals surface area contributed by atoms with E-state index in [-0.39, 0.29) is 6.71 Å². The topological polar surface area (TPSA) is 84.2 Å². The highest BCUT2D eigenvalue weighted by Gasteiger charge is 2.43. The van der Waals surface area contributed by atoms with Gasteiger partial charge in [0.2, 0.25) is 0 Å². The molecule has 0 bridgehead atoms. The van der Waals surface area contributed by atoms with Crippen LogP contribution >= 0.6 is 0 Å². The summed E-state index contributed by atoms with van der Waals surface area (Å²) < 4.78 is 9.63. The standard InChI is InChI=1S/C47H26BN9/c1-3-11-28(12-4-1)54-34-18-8-7-15-30(34)37-31-16-9-17-32-42(31)56(46(37)54)35-25-27(44-51-20-10-21-52-44)26-36-39(35)48(32)33-19-22-49-40-38-41-45(53-24-23-50-41)55(29-13-5-2-6-14-29)47(38)57(36)43(33)40/h1-26H. The number of fused-ring (bicyclic) bond motifs is 14. The Balaban J connectivity index is 1.24. The highest BCUT2D eigenvalue weighted by Crippen LogP contribution is 2.45. The van der Waals surface area contributed by atoms with Gasteiger partial charge in [0.05, 0.1) is 27.5 Å². The molecule has 0 saturated carbocycles. The van der Waals surface area contributed by atoms with Crippen molar-refractivity contribution in [3.05, 3.63) is 158 Å². The van der Waals surface area contributed by atoms with Crippen LogP contribution in [-0.4, -0.2) is 49.9 Å². The lowest BCUT2D eigenvalue weighted by Crippen LogP contribution is -2.59. The van der Waals surface area contributed by atoms with Gasteiger partial charge in [-0.3, -0.25) is 28.2 Å². The van der Waals surface area contributed by atoms with E-state index in [1.807, 2.05) is 30.7 Å². The van der Waals surface area contributed by atoms with Crippen molar-refractivity contribution < 1.29 is 0 Å². The summed E-state index contributed by atoms with van der Waals surface area (Å²) in [5, 5.41) is 4.68. The molecule has 2 aliphatic rings. The van der Waals surface area contributed by atoms with E-state index in [2.05, 4.69) is 134 Å². The molecule has 262 valence electrons. The van der Waals surface area contributed by atoms with Crippen LogP contribution in [0.2, 0.25) is 0 Å². The Hall–Kier alpha value is -7.85. The van der Waals surface area contributed by atoms with Crippen LogP contribution in [0.25, 0.3) is 100 Å². The van der Waals surface area contributed by atoms with Crippen molar-refractivity contribution in [2.75, 3.05) is 0 Å². The van der Waals surface area contributed by atoms with Crippen molar-refractivity contribution in [1.29, 1.82) is 0 Å². The van der Waals surface area contributed by atoms with E-state index in [1.165, 1.54) is 43.6 Å². The number of nitrogens with zero attached hydrogens (tertiary/aromatic N) is 9. The molecule has 0 fully saturated rings. The molecule has 10 heteroatoms. The molecule has 12 aromatic rings. The highest BCUT2D eigenvalue weighted by atomic mass is 15.2. The van der Waals surface area contributed by atoms with Gasteiger partial charge in [-0.05, 0) is 71.0 Å². The number of rotatable bonds is 3. The van der Waals surface area contributed by atoms with E-state index in [1.54, 1.807) is 12.4 Å². The van der Waals surface area contributed by atoms with E-state index < -0.39 is 0 Å². The van der Waals surface area contributed by atoms with Crippen molar-refractivity contribution >= 4 is 89.2 Å². The summed E-state index contributed by atoms with van der Waals surface area (Å²) in [6, 6.07) is 45.5. The van der Waals surface area contributed by atoms with Gasteiger partial charge in [0.15, 0.2) is 11.5 Å². The van der Waals surface area contributed by atoms with Crippen molar-refractivity contribution in [2.45, 2.75) is 0 Å². The van der Waals surface area contributed by atoms with Gasteiger partial charge >= 0.3 is 0 Å². The van der Waals surface area contributed by atoms with E-state index in [9.17, 15) is 0 Å². The summed E-state index contributed by atoms with van der Waals surface area (Å²) in [6.07, 6.45) is 9.17. The van der Waals surface area contributed by atoms with Crippen LogP contribution in [0.5, 0.6) is 0 Å². The molecular weight excluding hydrogens is 701 g/mol. The first kappa shape index (κ1) is 29.5. The van der Waals surface area contributed by atoms with Crippen LogP contribution in [0.15, 0.2) is 158 Å². The maximum Gasteiger partial charge on any atom is 0.252 e. The van der Waals surface area contributed by atoms with E-state index in [4.69, 9.17) is 24.9 Å². The third-order valence-corrected chi connectivity index (χ3v) is 12.2. The SMILES string of the molecule is c1ccc(-n2c3ccccc3c3c4cccc5c4n(c32)-c2cc(-c3ncccn3)cc3c2B5c2ccnc4c5c6nccnc6n(-c6ccccc6)c5n-3c24)cc1. The van der Waals surface area contributed by atoms with Crippen molar-refractivity contribution in [3.8, 4) is 34.1 Å². The monoisotopic (exact) mass is 727 g/mol. The summed E-state index contributed by atoms with van der Waals surface area (Å²) in [6.45, 7) is -0.0630. The molecule has 0 radical (unpaired) electrons. The molecular formula is C47H26BN9. The molecule has 0 saturated heterocycles. The Bertz CT molecular complexity index is 3470. The average molecular weight is 728 g/mol. The van der Waals surface area contributed by atoms with Crippen LogP contribution < -0.4 is 16.4 Å². The predicted molar refractivity (Wildman–Crippen MR) is 228 cm³/mol. The quantitative estimate of drug-likeness (QED) is 0.176. The third-order valence-electron chi connectivity index (χ3n) is 12.2. The Morgan fingerprint density at radius 2 is 1.09 bits per heavy atom. The first-order chi connectivity index (χ1) is 28.3. The number of para-hydroxylation sites is 4. The molecule has 5 aromatic carbocycles. The van der Waals surface area contributed by atoms with Crippen molar-refractivity contribution in [2.24, 2.45) is 0 Å². The number of aromatic nitrogens is 9. The minimum atomic E-state index is -0.0630. The molecule has 0 spiro atoms. The molecule has 57 heavy (non-hydrogen) atoms. The largest absolute Gasteiger partial charge is 0.296 e. The van der Waals surface area contributed by atoms with E-state index in [0.717, 1.165) is 67.2 Å². The van der Waals surface area contributed by atoms with Crippen LogP contribution in [0.3, 0.4) is 0 Å².